The van der Waals surface area contributed by atoms with Crippen LogP contribution < -0.4 is 9.46 Å². The standard InChI is InChI=1S/C20H19F4N5O3S/c1-29-15(3-7-27-29)12-10-20(23,24)5-2-16(12)32-17-8-14(22)18(9-13(17)21)33(30,31)28-19-4-6-25-11-26-19/h3-4,6-9,11-12,16H,2,5,10H2,1H3,(H,25,26,28). The minimum absolute atomic E-state index is 0.112. The Morgan fingerprint density at radius 2 is 1.97 bits per heavy atom. The van der Waals surface area contributed by atoms with Crippen LogP contribution in [-0.2, 0) is 17.1 Å². The summed E-state index contributed by atoms with van der Waals surface area (Å²) >= 11 is 0. The van der Waals surface area contributed by atoms with E-state index in [1.165, 1.54) is 23.1 Å². The summed E-state index contributed by atoms with van der Waals surface area (Å²) in [6, 6.07) is 3.87. The highest BCUT2D eigenvalue weighted by atomic mass is 32.2. The van der Waals surface area contributed by atoms with E-state index in [-0.39, 0.29) is 12.2 Å². The first-order chi connectivity index (χ1) is 15.6. The molecule has 3 aromatic rings. The van der Waals surface area contributed by atoms with Crippen LogP contribution in [0.25, 0.3) is 0 Å². The van der Waals surface area contributed by atoms with E-state index in [9.17, 15) is 26.0 Å². The second-order valence-electron chi connectivity index (χ2n) is 7.65. The number of aryl methyl sites for hydroxylation is 1. The maximum absolute atomic E-state index is 14.8. The molecule has 0 saturated heterocycles. The number of hydrogen-bond donors (Lipinski definition) is 1. The molecule has 2 unspecified atom stereocenters. The van der Waals surface area contributed by atoms with Gasteiger partial charge in [0.2, 0.25) is 5.92 Å². The van der Waals surface area contributed by atoms with Gasteiger partial charge in [-0.3, -0.25) is 9.40 Å². The number of rotatable bonds is 6. The van der Waals surface area contributed by atoms with Gasteiger partial charge in [0.15, 0.2) is 11.6 Å². The van der Waals surface area contributed by atoms with Gasteiger partial charge in [-0.15, -0.1) is 0 Å². The molecule has 176 valence electrons. The van der Waals surface area contributed by atoms with Gasteiger partial charge < -0.3 is 4.74 Å². The number of nitrogens with one attached hydrogen (secondary N) is 1. The molecule has 0 amide bonds. The normalized spacial score (nSPS) is 20.4. The van der Waals surface area contributed by atoms with Crippen LogP contribution in [0.1, 0.15) is 30.9 Å². The van der Waals surface area contributed by atoms with Crippen molar-refractivity contribution in [3.8, 4) is 5.75 Å². The van der Waals surface area contributed by atoms with Crippen LogP contribution in [0, 0.1) is 11.6 Å². The van der Waals surface area contributed by atoms with Gasteiger partial charge in [-0.25, -0.2) is 35.9 Å². The van der Waals surface area contributed by atoms with Crippen molar-refractivity contribution >= 4 is 15.8 Å². The van der Waals surface area contributed by atoms with Gasteiger partial charge in [0, 0.05) is 56.0 Å². The lowest BCUT2D eigenvalue weighted by molar-refractivity contribution is -0.0702. The molecule has 0 bridgehead atoms. The maximum Gasteiger partial charge on any atom is 0.266 e. The molecule has 1 aliphatic carbocycles. The van der Waals surface area contributed by atoms with Crippen molar-refractivity contribution < 1.29 is 30.7 Å². The molecule has 2 aromatic heterocycles. The maximum atomic E-state index is 14.8. The summed E-state index contributed by atoms with van der Waals surface area (Å²) in [4.78, 5) is 6.36. The van der Waals surface area contributed by atoms with Crippen LogP contribution in [0.4, 0.5) is 23.4 Å². The zero-order valence-corrected chi connectivity index (χ0v) is 18.1. The van der Waals surface area contributed by atoms with Gasteiger partial charge in [-0.2, -0.15) is 5.10 Å². The predicted octanol–water partition coefficient (Wildman–Crippen LogP) is 3.64. The molecule has 0 radical (unpaired) electrons. The van der Waals surface area contributed by atoms with Crippen LogP contribution in [-0.4, -0.2) is 40.2 Å². The highest BCUT2D eigenvalue weighted by molar-refractivity contribution is 7.92. The quantitative estimate of drug-likeness (QED) is 0.536. The molecule has 8 nitrogen and oxygen atoms in total. The third-order valence-electron chi connectivity index (χ3n) is 5.38. The molecule has 2 atom stereocenters. The summed E-state index contributed by atoms with van der Waals surface area (Å²) < 4.78 is 91.7. The van der Waals surface area contributed by atoms with Crippen molar-refractivity contribution in [3.63, 3.8) is 0 Å². The lowest BCUT2D eigenvalue weighted by Gasteiger charge is -2.36. The molecular formula is C20H19F4N5O3S. The number of anilines is 1. The van der Waals surface area contributed by atoms with Crippen molar-refractivity contribution in [1.82, 2.24) is 19.7 Å². The average Bonchev–Trinajstić information content (AvgIpc) is 3.17. The average molecular weight is 485 g/mol. The highest BCUT2D eigenvalue weighted by Gasteiger charge is 2.44. The molecule has 1 aromatic carbocycles. The van der Waals surface area contributed by atoms with Crippen molar-refractivity contribution in [2.75, 3.05) is 4.72 Å². The first-order valence-corrected chi connectivity index (χ1v) is 11.3. The second kappa shape index (κ2) is 8.61. The monoisotopic (exact) mass is 485 g/mol. The number of aromatic nitrogens is 4. The number of sulfonamides is 1. The van der Waals surface area contributed by atoms with E-state index >= 15 is 0 Å². The Kier molecular flexibility index (Phi) is 5.99. The minimum atomic E-state index is -4.51. The molecule has 0 aliphatic heterocycles. The summed E-state index contributed by atoms with van der Waals surface area (Å²) in [6.45, 7) is 0. The van der Waals surface area contributed by atoms with Gasteiger partial charge in [0.1, 0.15) is 29.0 Å². The molecule has 1 fully saturated rings. The Hall–Kier alpha value is -3.22. The summed E-state index contributed by atoms with van der Waals surface area (Å²) in [5, 5.41) is 3.99. The fraction of sp³-hybridized carbons (Fsp3) is 0.350. The number of nitrogens with zero attached hydrogens (tertiary/aromatic N) is 4. The highest BCUT2D eigenvalue weighted by Crippen LogP contribution is 2.43. The van der Waals surface area contributed by atoms with E-state index < -0.39 is 63.1 Å². The first-order valence-electron chi connectivity index (χ1n) is 9.86. The third-order valence-corrected chi connectivity index (χ3v) is 6.75. The van der Waals surface area contributed by atoms with Crippen molar-refractivity contribution in [2.45, 2.75) is 42.1 Å². The number of alkyl halides is 2. The van der Waals surface area contributed by atoms with E-state index in [1.807, 2.05) is 4.72 Å². The molecular weight excluding hydrogens is 466 g/mol. The molecule has 13 heteroatoms. The van der Waals surface area contributed by atoms with E-state index in [2.05, 4.69) is 15.1 Å². The Labute approximate surface area is 186 Å². The lowest BCUT2D eigenvalue weighted by atomic mass is 9.81. The third kappa shape index (κ3) is 4.92. The number of benzene rings is 1. The fourth-order valence-corrected chi connectivity index (χ4v) is 4.89. The summed E-state index contributed by atoms with van der Waals surface area (Å²) in [7, 11) is -2.92. The van der Waals surface area contributed by atoms with Crippen molar-refractivity contribution in [1.29, 1.82) is 0 Å². The van der Waals surface area contributed by atoms with Gasteiger partial charge in [0.05, 0.1) is 0 Å². The Morgan fingerprint density at radius 1 is 1.18 bits per heavy atom. The van der Waals surface area contributed by atoms with Gasteiger partial charge in [-0.1, -0.05) is 0 Å². The second-order valence-corrected chi connectivity index (χ2v) is 9.31. The Morgan fingerprint density at radius 3 is 2.64 bits per heavy atom. The predicted molar refractivity (Wildman–Crippen MR) is 108 cm³/mol. The molecule has 0 spiro atoms. The minimum Gasteiger partial charge on any atom is -0.487 e. The first kappa shape index (κ1) is 23.0. The number of halogens is 4. The summed E-state index contributed by atoms with van der Waals surface area (Å²) in [5.74, 6) is -6.90. The van der Waals surface area contributed by atoms with Crippen LogP contribution in [0.5, 0.6) is 5.75 Å². The van der Waals surface area contributed by atoms with Crippen LogP contribution in [0.2, 0.25) is 0 Å². The van der Waals surface area contributed by atoms with E-state index in [0.29, 0.717) is 17.8 Å². The topological polar surface area (TPSA) is 99.0 Å². The summed E-state index contributed by atoms with van der Waals surface area (Å²) in [6.07, 6.45) is 1.77. The van der Waals surface area contributed by atoms with Crippen LogP contribution in [0.15, 0.2) is 47.9 Å². The van der Waals surface area contributed by atoms with Crippen molar-refractivity contribution in [2.24, 2.45) is 7.05 Å². The Balaban J connectivity index is 1.61. The number of ether oxygens (including phenoxy) is 1. The molecule has 1 N–H and O–H groups in total. The van der Waals surface area contributed by atoms with Gasteiger partial charge in [0.25, 0.3) is 10.0 Å². The molecule has 1 saturated carbocycles. The Bertz CT molecular complexity index is 1250. The number of hydrogen-bond acceptors (Lipinski definition) is 6. The van der Waals surface area contributed by atoms with Crippen molar-refractivity contribution in [3.05, 3.63) is 60.3 Å². The largest absolute Gasteiger partial charge is 0.487 e. The fourth-order valence-electron chi connectivity index (χ4n) is 3.81. The zero-order valence-electron chi connectivity index (χ0n) is 17.3. The molecule has 1 aliphatic rings. The molecule has 4 rings (SSSR count). The lowest BCUT2D eigenvalue weighted by Crippen LogP contribution is -2.38. The molecule has 2 heterocycles. The smallest absolute Gasteiger partial charge is 0.266 e. The van der Waals surface area contributed by atoms with E-state index in [0.717, 1.165) is 6.33 Å². The summed E-state index contributed by atoms with van der Waals surface area (Å²) in [5.41, 5.74) is 0.466. The SMILES string of the molecule is Cn1nccc1C1CC(F)(F)CCC1Oc1cc(F)c(S(=O)(=O)Nc2ccncn2)cc1F. The molecule has 33 heavy (non-hydrogen) atoms. The van der Waals surface area contributed by atoms with Crippen LogP contribution in [0.3, 0.4) is 0 Å². The van der Waals surface area contributed by atoms with E-state index in [4.69, 9.17) is 4.74 Å². The van der Waals surface area contributed by atoms with Crippen LogP contribution >= 0.6 is 0 Å². The van der Waals surface area contributed by atoms with E-state index in [1.54, 1.807) is 13.1 Å². The zero-order chi connectivity index (χ0) is 23.8. The van der Waals surface area contributed by atoms with Gasteiger partial charge in [-0.05, 0) is 18.6 Å². The van der Waals surface area contributed by atoms with Gasteiger partial charge >= 0.3 is 0 Å².